The highest BCUT2D eigenvalue weighted by Gasteiger charge is 2.25. The number of aliphatic hydroxyl groups excluding tert-OH is 1. The van der Waals surface area contributed by atoms with Crippen molar-refractivity contribution in [3.8, 4) is 0 Å². The molecule has 0 amide bonds. The SMILES string of the molecule is CC(C)C(C)(C)CNC(C)(C)CO. The maximum absolute atomic E-state index is 9.07. The minimum absolute atomic E-state index is 0.161. The van der Waals surface area contributed by atoms with E-state index in [4.69, 9.17) is 5.11 Å². The first-order chi connectivity index (χ1) is 5.71. The molecule has 0 aromatic carbocycles. The number of nitrogens with one attached hydrogen (secondary N) is 1. The van der Waals surface area contributed by atoms with Gasteiger partial charge in [0.2, 0.25) is 0 Å². The summed E-state index contributed by atoms with van der Waals surface area (Å²) in [6.45, 7) is 14.1. The summed E-state index contributed by atoms with van der Waals surface area (Å²) >= 11 is 0. The van der Waals surface area contributed by atoms with Gasteiger partial charge < -0.3 is 10.4 Å². The first-order valence-corrected chi connectivity index (χ1v) is 5.07. The fourth-order valence-electron chi connectivity index (χ4n) is 0.727. The lowest BCUT2D eigenvalue weighted by Crippen LogP contribution is -2.47. The van der Waals surface area contributed by atoms with Crippen molar-refractivity contribution in [1.82, 2.24) is 5.32 Å². The molecule has 2 heteroatoms. The van der Waals surface area contributed by atoms with Crippen LogP contribution in [0.25, 0.3) is 0 Å². The summed E-state index contributed by atoms with van der Waals surface area (Å²) in [5.74, 6) is 0.648. The van der Waals surface area contributed by atoms with Crippen LogP contribution in [0.3, 0.4) is 0 Å². The van der Waals surface area contributed by atoms with E-state index < -0.39 is 0 Å². The third kappa shape index (κ3) is 4.63. The second kappa shape index (κ2) is 4.43. The average molecular weight is 187 g/mol. The monoisotopic (exact) mass is 187 g/mol. The van der Waals surface area contributed by atoms with Gasteiger partial charge in [-0.1, -0.05) is 27.7 Å². The van der Waals surface area contributed by atoms with Crippen LogP contribution in [0.15, 0.2) is 0 Å². The average Bonchev–Trinajstić information content (AvgIpc) is 2.01. The minimum Gasteiger partial charge on any atom is -0.394 e. The highest BCUT2D eigenvalue weighted by molar-refractivity contribution is 4.82. The number of hydrogen-bond acceptors (Lipinski definition) is 2. The van der Waals surface area contributed by atoms with Gasteiger partial charge in [-0.3, -0.25) is 0 Å². The lowest BCUT2D eigenvalue weighted by Gasteiger charge is -2.34. The Balaban J connectivity index is 4.02. The van der Waals surface area contributed by atoms with Crippen molar-refractivity contribution in [1.29, 1.82) is 0 Å². The molecule has 0 fully saturated rings. The van der Waals surface area contributed by atoms with Crippen LogP contribution in [0.1, 0.15) is 41.5 Å². The molecule has 0 aliphatic rings. The molecule has 0 atom stereocenters. The fraction of sp³-hybridized carbons (Fsp3) is 1.00. The van der Waals surface area contributed by atoms with Gasteiger partial charge in [-0.25, -0.2) is 0 Å². The predicted molar refractivity (Wildman–Crippen MR) is 57.8 cm³/mol. The van der Waals surface area contributed by atoms with Crippen molar-refractivity contribution < 1.29 is 5.11 Å². The first kappa shape index (κ1) is 12.9. The molecule has 80 valence electrons. The second-order valence-electron chi connectivity index (χ2n) is 5.54. The van der Waals surface area contributed by atoms with Crippen molar-refractivity contribution in [3.63, 3.8) is 0 Å². The van der Waals surface area contributed by atoms with Gasteiger partial charge in [0.05, 0.1) is 6.61 Å². The third-order valence-electron chi connectivity index (χ3n) is 2.98. The van der Waals surface area contributed by atoms with E-state index in [1.165, 1.54) is 0 Å². The Morgan fingerprint density at radius 2 is 1.62 bits per heavy atom. The third-order valence-corrected chi connectivity index (χ3v) is 2.98. The number of aliphatic hydroxyl groups is 1. The zero-order chi connectivity index (χ0) is 10.7. The summed E-state index contributed by atoms with van der Waals surface area (Å²) < 4.78 is 0. The molecule has 0 aromatic rings. The zero-order valence-corrected chi connectivity index (χ0v) is 9.94. The Kier molecular flexibility index (Phi) is 4.40. The van der Waals surface area contributed by atoms with Gasteiger partial charge in [0.15, 0.2) is 0 Å². The van der Waals surface area contributed by atoms with E-state index >= 15 is 0 Å². The molecule has 0 rings (SSSR count). The largest absolute Gasteiger partial charge is 0.394 e. The van der Waals surface area contributed by atoms with Crippen LogP contribution >= 0.6 is 0 Å². The van der Waals surface area contributed by atoms with Gasteiger partial charge in [0, 0.05) is 12.1 Å². The zero-order valence-electron chi connectivity index (χ0n) is 9.94. The summed E-state index contributed by atoms with van der Waals surface area (Å²) in [4.78, 5) is 0. The predicted octanol–water partition coefficient (Wildman–Crippen LogP) is 2.03. The summed E-state index contributed by atoms with van der Waals surface area (Å²) in [6, 6.07) is 0. The maximum atomic E-state index is 9.07. The van der Waals surface area contributed by atoms with Gasteiger partial charge in [-0.15, -0.1) is 0 Å². The van der Waals surface area contributed by atoms with Gasteiger partial charge >= 0.3 is 0 Å². The van der Waals surface area contributed by atoms with Crippen LogP contribution in [0.2, 0.25) is 0 Å². The standard InChI is InChI=1S/C11H25NO/c1-9(2)10(3,4)7-12-11(5,6)8-13/h9,12-13H,7-8H2,1-6H3. The van der Waals surface area contributed by atoms with E-state index in [-0.39, 0.29) is 17.6 Å². The van der Waals surface area contributed by atoms with E-state index in [0.717, 1.165) is 6.54 Å². The molecule has 0 saturated carbocycles. The number of rotatable bonds is 5. The fourth-order valence-corrected chi connectivity index (χ4v) is 0.727. The molecule has 0 aliphatic carbocycles. The Bertz CT molecular complexity index is 150. The van der Waals surface area contributed by atoms with Crippen molar-refractivity contribution in [2.75, 3.05) is 13.2 Å². The van der Waals surface area contributed by atoms with E-state index in [9.17, 15) is 0 Å². The summed E-state index contributed by atoms with van der Waals surface area (Å²) in [5.41, 5.74) is 0.124. The maximum Gasteiger partial charge on any atom is 0.0607 e. The smallest absolute Gasteiger partial charge is 0.0607 e. The van der Waals surface area contributed by atoms with E-state index in [0.29, 0.717) is 5.92 Å². The van der Waals surface area contributed by atoms with Gasteiger partial charge in [0.25, 0.3) is 0 Å². The van der Waals surface area contributed by atoms with Crippen LogP contribution < -0.4 is 5.32 Å². The summed E-state index contributed by atoms with van der Waals surface area (Å²) in [5, 5.41) is 12.4. The molecule has 0 spiro atoms. The van der Waals surface area contributed by atoms with Crippen molar-refractivity contribution in [3.05, 3.63) is 0 Å². The van der Waals surface area contributed by atoms with Gasteiger partial charge in [-0.2, -0.15) is 0 Å². The Hall–Kier alpha value is -0.0800. The van der Waals surface area contributed by atoms with E-state index in [1.807, 2.05) is 13.8 Å². The lowest BCUT2D eigenvalue weighted by atomic mass is 9.80. The van der Waals surface area contributed by atoms with Crippen LogP contribution in [0.4, 0.5) is 0 Å². The molecule has 0 aliphatic heterocycles. The van der Waals surface area contributed by atoms with Gasteiger partial charge in [0.1, 0.15) is 0 Å². The summed E-state index contributed by atoms with van der Waals surface area (Å²) in [6.07, 6.45) is 0. The second-order valence-corrected chi connectivity index (χ2v) is 5.54. The van der Waals surface area contributed by atoms with Crippen LogP contribution in [0.5, 0.6) is 0 Å². The van der Waals surface area contributed by atoms with Crippen molar-refractivity contribution in [2.24, 2.45) is 11.3 Å². The highest BCUT2D eigenvalue weighted by atomic mass is 16.3. The molecule has 0 heterocycles. The first-order valence-electron chi connectivity index (χ1n) is 5.07. The topological polar surface area (TPSA) is 32.3 Å². The lowest BCUT2D eigenvalue weighted by molar-refractivity contribution is 0.153. The highest BCUT2D eigenvalue weighted by Crippen LogP contribution is 2.25. The minimum atomic E-state index is -0.161. The Morgan fingerprint density at radius 1 is 1.15 bits per heavy atom. The van der Waals surface area contributed by atoms with Crippen LogP contribution in [-0.4, -0.2) is 23.8 Å². The van der Waals surface area contributed by atoms with Gasteiger partial charge in [-0.05, 0) is 25.2 Å². The van der Waals surface area contributed by atoms with E-state index in [1.54, 1.807) is 0 Å². The molecule has 0 unspecified atom stereocenters. The van der Waals surface area contributed by atoms with Crippen molar-refractivity contribution in [2.45, 2.75) is 47.1 Å². The molecule has 0 saturated heterocycles. The summed E-state index contributed by atoms with van der Waals surface area (Å²) in [7, 11) is 0. The van der Waals surface area contributed by atoms with Crippen LogP contribution in [0, 0.1) is 11.3 Å². The molecule has 0 radical (unpaired) electrons. The normalized spacial score (nSPS) is 13.8. The Morgan fingerprint density at radius 3 is 1.92 bits per heavy atom. The number of hydrogen-bond donors (Lipinski definition) is 2. The Labute approximate surface area is 82.7 Å². The molecular weight excluding hydrogens is 162 g/mol. The molecule has 2 nitrogen and oxygen atoms in total. The molecule has 2 N–H and O–H groups in total. The molecule has 13 heavy (non-hydrogen) atoms. The quantitative estimate of drug-likeness (QED) is 0.690. The van der Waals surface area contributed by atoms with Crippen LogP contribution in [-0.2, 0) is 0 Å². The molecule has 0 aromatic heterocycles. The molecular formula is C11H25NO. The van der Waals surface area contributed by atoms with Crippen molar-refractivity contribution >= 4 is 0 Å². The molecule has 0 bridgehead atoms. The van der Waals surface area contributed by atoms with E-state index in [2.05, 4.69) is 33.0 Å².